The van der Waals surface area contributed by atoms with Gasteiger partial charge in [0.2, 0.25) is 0 Å². The third-order valence-electron chi connectivity index (χ3n) is 2.71. The standard InChI is InChI=1S/C13H12Br2INS/c1-17-11(12-7-10(14)13(15)18-12)6-8-2-4-9(16)5-3-8/h2-5,7,11,17H,6H2,1H3. The molecule has 0 radical (unpaired) electrons. The Morgan fingerprint density at radius 1 is 1.28 bits per heavy atom. The van der Waals surface area contributed by atoms with Crippen LogP contribution in [0.3, 0.4) is 0 Å². The van der Waals surface area contributed by atoms with Gasteiger partial charge in [0, 0.05) is 19.0 Å². The van der Waals surface area contributed by atoms with Crippen LogP contribution in [0.2, 0.25) is 0 Å². The molecule has 0 saturated carbocycles. The van der Waals surface area contributed by atoms with Gasteiger partial charge in [-0.05, 0) is 91.7 Å². The van der Waals surface area contributed by atoms with Gasteiger partial charge in [0.1, 0.15) is 0 Å². The Bertz CT molecular complexity index is 505. The Morgan fingerprint density at radius 3 is 2.44 bits per heavy atom. The highest BCUT2D eigenvalue weighted by molar-refractivity contribution is 14.1. The molecule has 1 nitrogen and oxygen atoms in total. The number of benzene rings is 1. The van der Waals surface area contributed by atoms with Gasteiger partial charge in [-0.25, -0.2) is 0 Å². The van der Waals surface area contributed by atoms with Gasteiger partial charge >= 0.3 is 0 Å². The number of likely N-dealkylation sites (N-methyl/N-ethyl adjacent to an activating group) is 1. The highest BCUT2D eigenvalue weighted by Gasteiger charge is 2.14. The van der Waals surface area contributed by atoms with Crippen molar-refractivity contribution in [3.05, 3.63) is 52.6 Å². The minimum atomic E-state index is 0.359. The van der Waals surface area contributed by atoms with Crippen molar-refractivity contribution in [2.75, 3.05) is 7.05 Å². The molecule has 0 bridgehead atoms. The van der Waals surface area contributed by atoms with Gasteiger partial charge in [0.05, 0.1) is 3.79 Å². The predicted octanol–water partition coefficient (Wildman–Crippen LogP) is 5.38. The summed E-state index contributed by atoms with van der Waals surface area (Å²) < 4.78 is 3.56. The monoisotopic (exact) mass is 499 g/mol. The second-order valence-corrected chi connectivity index (χ2v) is 8.44. The first-order valence-electron chi connectivity index (χ1n) is 5.46. The van der Waals surface area contributed by atoms with Crippen molar-refractivity contribution in [2.45, 2.75) is 12.5 Å². The van der Waals surface area contributed by atoms with Gasteiger partial charge in [-0.15, -0.1) is 11.3 Å². The molecule has 1 atom stereocenters. The molecule has 5 heteroatoms. The topological polar surface area (TPSA) is 12.0 Å². The summed E-state index contributed by atoms with van der Waals surface area (Å²) in [5, 5.41) is 3.39. The molecule has 1 N–H and O–H groups in total. The van der Waals surface area contributed by atoms with E-state index < -0.39 is 0 Å². The Hall–Kier alpha value is 0.570. The maximum Gasteiger partial charge on any atom is 0.0843 e. The van der Waals surface area contributed by atoms with Crippen LogP contribution >= 0.6 is 65.8 Å². The zero-order chi connectivity index (χ0) is 13.1. The summed E-state index contributed by atoms with van der Waals surface area (Å²) in [6, 6.07) is 11.2. The molecule has 0 fully saturated rings. The van der Waals surface area contributed by atoms with Crippen LogP contribution in [0.5, 0.6) is 0 Å². The van der Waals surface area contributed by atoms with Gasteiger partial charge in [-0.3, -0.25) is 0 Å². The highest BCUT2D eigenvalue weighted by atomic mass is 127. The van der Waals surface area contributed by atoms with Gasteiger partial charge < -0.3 is 5.32 Å². The normalized spacial score (nSPS) is 12.7. The van der Waals surface area contributed by atoms with E-state index in [1.165, 1.54) is 14.0 Å². The molecule has 1 aromatic carbocycles. The van der Waals surface area contributed by atoms with E-state index >= 15 is 0 Å². The van der Waals surface area contributed by atoms with E-state index in [4.69, 9.17) is 0 Å². The van der Waals surface area contributed by atoms with E-state index in [-0.39, 0.29) is 0 Å². The van der Waals surface area contributed by atoms with Gasteiger partial charge in [0.15, 0.2) is 0 Å². The van der Waals surface area contributed by atoms with Crippen molar-refractivity contribution >= 4 is 65.8 Å². The van der Waals surface area contributed by atoms with Gasteiger partial charge in [-0.2, -0.15) is 0 Å². The fraction of sp³-hybridized carbons (Fsp3) is 0.231. The van der Waals surface area contributed by atoms with Crippen LogP contribution < -0.4 is 5.32 Å². The van der Waals surface area contributed by atoms with E-state index in [9.17, 15) is 0 Å². The minimum Gasteiger partial charge on any atom is -0.312 e. The van der Waals surface area contributed by atoms with E-state index in [1.807, 2.05) is 7.05 Å². The molecule has 1 unspecified atom stereocenters. The molecule has 2 rings (SSSR count). The van der Waals surface area contributed by atoms with E-state index in [0.717, 1.165) is 14.7 Å². The van der Waals surface area contributed by atoms with E-state index in [1.54, 1.807) is 11.3 Å². The quantitative estimate of drug-likeness (QED) is 0.556. The molecule has 1 heterocycles. The molecule has 0 spiro atoms. The van der Waals surface area contributed by atoms with Crippen molar-refractivity contribution in [1.82, 2.24) is 5.32 Å². The molecule has 0 saturated heterocycles. The van der Waals surface area contributed by atoms with Crippen molar-refractivity contribution in [2.24, 2.45) is 0 Å². The average Bonchev–Trinajstić information content (AvgIpc) is 2.69. The first-order valence-corrected chi connectivity index (χ1v) is 8.94. The summed E-state index contributed by atoms with van der Waals surface area (Å²) in [6.45, 7) is 0. The molecule has 1 aromatic heterocycles. The van der Waals surface area contributed by atoms with Crippen molar-refractivity contribution in [1.29, 1.82) is 0 Å². The molecule has 2 aromatic rings. The molecular formula is C13H12Br2INS. The van der Waals surface area contributed by atoms with Crippen molar-refractivity contribution < 1.29 is 0 Å². The number of rotatable bonds is 4. The summed E-state index contributed by atoms with van der Waals surface area (Å²) in [4.78, 5) is 1.34. The molecule has 0 aliphatic rings. The van der Waals surface area contributed by atoms with E-state index in [2.05, 4.69) is 90.1 Å². The number of halogens is 3. The Balaban J connectivity index is 2.16. The van der Waals surface area contributed by atoms with Gasteiger partial charge in [-0.1, -0.05) is 12.1 Å². The summed E-state index contributed by atoms with van der Waals surface area (Å²) >= 11 is 11.2. The molecule has 96 valence electrons. The Kier molecular flexibility index (Phi) is 5.68. The molecule has 0 aliphatic carbocycles. The second kappa shape index (κ2) is 6.83. The summed E-state index contributed by atoms with van der Waals surface area (Å²) in [6.07, 6.45) is 1.01. The van der Waals surface area contributed by atoms with Crippen molar-refractivity contribution in [3.8, 4) is 0 Å². The summed E-state index contributed by atoms with van der Waals surface area (Å²) in [7, 11) is 2.01. The molecule has 18 heavy (non-hydrogen) atoms. The lowest BCUT2D eigenvalue weighted by Crippen LogP contribution is -2.17. The van der Waals surface area contributed by atoms with Gasteiger partial charge in [0.25, 0.3) is 0 Å². The Morgan fingerprint density at radius 2 is 1.94 bits per heavy atom. The third kappa shape index (κ3) is 3.79. The number of nitrogens with one attached hydrogen (secondary N) is 1. The van der Waals surface area contributed by atoms with E-state index in [0.29, 0.717) is 6.04 Å². The lowest BCUT2D eigenvalue weighted by Gasteiger charge is -2.14. The SMILES string of the molecule is CNC(Cc1ccc(I)cc1)c1cc(Br)c(Br)s1. The second-order valence-electron chi connectivity index (χ2n) is 3.94. The summed E-state index contributed by atoms with van der Waals surface area (Å²) in [5.41, 5.74) is 1.36. The Labute approximate surface area is 142 Å². The number of thiophene rings is 1. The molecule has 0 aliphatic heterocycles. The largest absolute Gasteiger partial charge is 0.312 e. The van der Waals surface area contributed by atoms with Crippen LogP contribution in [0.1, 0.15) is 16.5 Å². The molecule has 0 amide bonds. The fourth-order valence-electron chi connectivity index (χ4n) is 1.74. The van der Waals surface area contributed by atoms with Crippen LogP contribution in [0.4, 0.5) is 0 Å². The lowest BCUT2D eigenvalue weighted by atomic mass is 10.1. The lowest BCUT2D eigenvalue weighted by molar-refractivity contribution is 0.602. The minimum absolute atomic E-state index is 0.359. The third-order valence-corrected chi connectivity index (χ3v) is 6.80. The number of hydrogen-bond donors (Lipinski definition) is 1. The zero-order valence-electron chi connectivity index (χ0n) is 9.71. The maximum absolute atomic E-state index is 3.55. The fourth-order valence-corrected chi connectivity index (χ4v) is 4.30. The average molecular weight is 501 g/mol. The number of hydrogen-bond acceptors (Lipinski definition) is 2. The zero-order valence-corrected chi connectivity index (χ0v) is 15.9. The summed E-state index contributed by atoms with van der Waals surface area (Å²) in [5.74, 6) is 0. The van der Waals surface area contributed by atoms with Crippen LogP contribution in [-0.4, -0.2) is 7.05 Å². The first-order chi connectivity index (χ1) is 8.60. The van der Waals surface area contributed by atoms with Crippen molar-refractivity contribution in [3.63, 3.8) is 0 Å². The molecular weight excluding hydrogens is 489 g/mol. The van der Waals surface area contributed by atoms with Crippen LogP contribution in [0.15, 0.2) is 38.6 Å². The highest BCUT2D eigenvalue weighted by Crippen LogP contribution is 2.36. The van der Waals surface area contributed by atoms with Crippen LogP contribution in [0, 0.1) is 3.57 Å². The van der Waals surface area contributed by atoms with Crippen LogP contribution in [0.25, 0.3) is 0 Å². The first kappa shape index (κ1) is 15.0. The predicted molar refractivity (Wildman–Crippen MR) is 94.4 cm³/mol. The smallest absolute Gasteiger partial charge is 0.0843 e. The van der Waals surface area contributed by atoms with Crippen LogP contribution in [-0.2, 0) is 6.42 Å². The maximum atomic E-state index is 3.55.